The van der Waals surface area contributed by atoms with E-state index in [9.17, 15) is 0 Å². The van der Waals surface area contributed by atoms with Crippen molar-refractivity contribution in [1.29, 1.82) is 0 Å². The largest absolute Gasteiger partial charge is 0.384 e. The Morgan fingerprint density at radius 3 is 2.47 bits per heavy atom. The number of benzene rings is 1. The highest BCUT2D eigenvalue weighted by molar-refractivity contribution is 6.31. The first-order valence-electron chi connectivity index (χ1n) is 12.9. The molecule has 0 radical (unpaired) electrons. The fourth-order valence-corrected chi connectivity index (χ4v) is 5.96. The number of nitrogens with one attached hydrogen (secondary N) is 1. The number of hydrogen-bond donors (Lipinski definition) is 2. The lowest BCUT2D eigenvalue weighted by molar-refractivity contribution is 0.433. The van der Waals surface area contributed by atoms with Crippen molar-refractivity contribution in [3.8, 4) is 0 Å². The summed E-state index contributed by atoms with van der Waals surface area (Å²) >= 11 is 6.32. The van der Waals surface area contributed by atoms with Gasteiger partial charge in [-0.1, -0.05) is 68.2 Å². The minimum Gasteiger partial charge on any atom is -0.384 e. The highest BCUT2D eigenvalue weighted by atomic mass is 35.5. The van der Waals surface area contributed by atoms with Crippen molar-refractivity contribution in [2.45, 2.75) is 89.9 Å². The van der Waals surface area contributed by atoms with Crippen molar-refractivity contribution in [2.24, 2.45) is 11.7 Å². The van der Waals surface area contributed by atoms with Crippen LogP contribution in [0.5, 0.6) is 0 Å². The molecular weight excluding hydrogens is 414 g/mol. The number of halogens is 1. The van der Waals surface area contributed by atoms with Gasteiger partial charge in [-0.2, -0.15) is 0 Å². The first kappa shape index (κ1) is 23.6. The highest BCUT2D eigenvalue weighted by Gasteiger charge is 2.33. The third-order valence-corrected chi connectivity index (χ3v) is 7.52. The van der Waals surface area contributed by atoms with E-state index < -0.39 is 0 Å². The summed E-state index contributed by atoms with van der Waals surface area (Å²) in [5.74, 6) is 1.25. The van der Waals surface area contributed by atoms with Gasteiger partial charge < -0.3 is 11.1 Å². The minimum absolute atomic E-state index is 0.600. The number of rotatable bonds is 12. The van der Waals surface area contributed by atoms with Gasteiger partial charge in [-0.15, -0.1) is 0 Å². The van der Waals surface area contributed by atoms with E-state index in [0.717, 1.165) is 30.0 Å². The molecule has 2 aliphatic carbocycles. The Kier molecular flexibility index (Phi) is 8.49. The fraction of sp³-hybridized carbons (Fsp3) is 0.607. The molecule has 0 saturated heterocycles. The molecule has 0 amide bonds. The van der Waals surface area contributed by atoms with Crippen LogP contribution in [0.1, 0.15) is 94.7 Å². The monoisotopic (exact) mass is 453 g/mol. The van der Waals surface area contributed by atoms with Crippen LogP contribution in [-0.2, 0) is 6.42 Å². The standard InChI is InChI=1S/C28H40ClN3/c1-20-15-21-17-22(16-20)27-26(18-21)32-25-19-23(29)11-12-24(25)28(27)31-14-10-8-6-4-2-3-5-7-9-13-30/h11-12,15,19,21-22H,2-10,13-14,16-18,30H2,1H3,(H,31,32)/t21-,22+/m0/s1. The zero-order chi connectivity index (χ0) is 22.3. The van der Waals surface area contributed by atoms with Crippen LogP contribution < -0.4 is 11.1 Å². The number of hydrogen-bond acceptors (Lipinski definition) is 3. The average Bonchev–Trinajstić information content (AvgIpc) is 2.76. The summed E-state index contributed by atoms with van der Waals surface area (Å²) < 4.78 is 0. The van der Waals surface area contributed by atoms with Crippen molar-refractivity contribution in [3.63, 3.8) is 0 Å². The summed E-state index contributed by atoms with van der Waals surface area (Å²) in [4.78, 5) is 5.09. The molecular formula is C28H40ClN3. The van der Waals surface area contributed by atoms with E-state index in [0.29, 0.717) is 11.8 Å². The predicted molar refractivity (Wildman–Crippen MR) is 139 cm³/mol. The molecule has 3 N–H and O–H groups in total. The van der Waals surface area contributed by atoms with Gasteiger partial charge in [0.1, 0.15) is 0 Å². The first-order chi connectivity index (χ1) is 15.7. The van der Waals surface area contributed by atoms with Crippen LogP contribution >= 0.6 is 11.6 Å². The number of nitrogens with two attached hydrogens (primary N) is 1. The summed E-state index contributed by atoms with van der Waals surface area (Å²) in [6, 6.07) is 6.20. The predicted octanol–water partition coefficient (Wildman–Crippen LogP) is 7.77. The molecule has 0 spiro atoms. The molecule has 2 bridgehead atoms. The van der Waals surface area contributed by atoms with E-state index >= 15 is 0 Å². The topological polar surface area (TPSA) is 50.9 Å². The number of anilines is 1. The maximum absolute atomic E-state index is 6.32. The molecule has 2 aromatic rings. The Morgan fingerprint density at radius 2 is 1.72 bits per heavy atom. The number of pyridine rings is 1. The molecule has 2 aliphatic rings. The van der Waals surface area contributed by atoms with Crippen molar-refractivity contribution in [3.05, 3.63) is 46.1 Å². The van der Waals surface area contributed by atoms with Gasteiger partial charge in [0.15, 0.2) is 0 Å². The summed E-state index contributed by atoms with van der Waals surface area (Å²) in [5.41, 5.74) is 12.3. The van der Waals surface area contributed by atoms with Crippen molar-refractivity contribution >= 4 is 28.2 Å². The lowest BCUT2D eigenvalue weighted by Crippen LogP contribution is -2.24. The van der Waals surface area contributed by atoms with Crippen molar-refractivity contribution < 1.29 is 0 Å². The summed E-state index contributed by atoms with van der Waals surface area (Å²) in [5, 5.41) is 5.87. The smallest absolute Gasteiger partial charge is 0.0741 e. The van der Waals surface area contributed by atoms with Gasteiger partial charge in [-0.05, 0) is 75.6 Å². The Bertz CT molecular complexity index is 936. The summed E-state index contributed by atoms with van der Waals surface area (Å²) in [6.45, 7) is 4.17. The number of nitrogens with zero attached hydrogens (tertiary/aromatic N) is 1. The number of fused-ring (bicyclic) bond motifs is 5. The lowest BCUT2D eigenvalue weighted by atomic mass is 9.71. The second kappa shape index (κ2) is 11.5. The van der Waals surface area contributed by atoms with Crippen LogP contribution in [0, 0.1) is 5.92 Å². The van der Waals surface area contributed by atoms with Crippen molar-refractivity contribution in [2.75, 3.05) is 18.4 Å². The Hall–Kier alpha value is -1.58. The van der Waals surface area contributed by atoms with Gasteiger partial charge in [0.05, 0.1) is 5.52 Å². The average molecular weight is 454 g/mol. The van der Waals surface area contributed by atoms with Gasteiger partial charge in [0.25, 0.3) is 0 Å². The Labute approximate surface area is 199 Å². The molecule has 1 heterocycles. The SMILES string of the molecule is CC1=C[C@@H]2Cc3nc4cc(Cl)ccc4c(NCCCCCCCCCCCN)c3[C@H](C1)C2. The van der Waals surface area contributed by atoms with Crippen LogP contribution in [0.25, 0.3) is 10.9 Å². The zero-order valence-corrected chi connectivity index (χ0v) is 20.5. The van der Waals surface area contributed by atoms with E-state index in [4.69, 9.17) is 22.3 Å². The molecule has 4 heteroatoms. The van der Waals surface area contributed by atoms with Gasteiger partial charge in [0.2, 0.25) is 0 Å². The molecule has 0 saturated carbocycles. The van der Waals surface area contributed by atoms with Crippen LogP contribution in [0.4, 0.5) is 5.69 Å². The Morgan fingerprint density at radius 1 is 1.00 bits per heavy atom. The van der Waals surface area contributed by atoms with E-state index in [1.807, 2.05) is 12.1 Å². The van der Waals surface area contributed by atoms with Crippen LogP contribution in [0.3, 0.4) is 0 Å². The first-order valence-corrected chi connectivity index (χ1v) is 13.3. The molecule has 32 heavy (non-hydrogen) atoms. The number of aromatic nitrogens is 1. The normalized spacial score (nSPS) is 19.7. The third-order valence-electron chi connectivity index (χ3n) is 7.29. The summed E-state index contributed by atoms with van der Waals surface area (Å²) in [7, 11) is 0. The number of unbranched alkanes of at least 4 members (excludes halogenated alkanes) is 8. The molecule has 1 aromatic heterocycles. The van der Waals surface area contributed by atoms with Gasteiger partial charge in [0, 0.05) is 33.9 Å². The Balaban J connectivity index is 1.37. The molecule has 2 atom stereocenters. The minimum atomic E-state index is 0.600. The van der Waals surface area contributed by atoms with Crippen molar-refractivity contribution in [1.82, 2.24) is 4.98 Å². The maximum Gasteiger partial charge on any atom is 0.0741 e. The maximum atomic E-state index is 6.32. The quantitative estimate of drug-likeness (QED) is 0.255. The molecule has 0 unspecified atom stereocenters. The second-order valence-corrected chi connectivity index (χ2v) is 10.5. The fourth-order valence-electron chi connectivity index (χ4n) is 5.80. The molecule has 174 valence electrons. The van der Waals surface area contributed by atoms with E-state index in [2.05, 4.69) is 24.4 Å². The molecule has 1 aromatic carbocycles. The van der Waals surface area contributed by atoms with Crippen LogP contribution in [-0.4, -0.2) is 18.1 Å². The number of allylic oxidation sites excluding steroid dienone is 2. The van der Waals surface area contributed by atoms with E-state index in [1.54, 1.807) is 5.57 Å². The van der Waals surface area contributed by atoms with Crippen LogP contribution in [0.2, 0.25) is 5.02 Å². The summed E-state index contributed by atoms with van der Waals surface area (Å²) in [6.07, 6.45) is 17.8. The van der Waals surface area contributed by atoms with Gasteiger partial charge in [-0.25, -0.2) is 0 Å². The van der Waals surface area contributed by atoms with Crippen LogP contribution in [0.15, 0.2) is 29.8 Å². The molecule has 4 rings (SSSR count). The zero-order valence-electron chi connectivity index (χ0n) is 19.8. The highest BCUT2D eigenvalue weighted by Crippen LogP contribution is 2.47. The molecule has 0 aliphatic heterocycles. The lowest BCUT2D eigenvalue weighted by Gasteiger charge is -2.36. The molecule has 3 nitrogen and oxygen atoms in total. The second-order valence-electron chi connectivity index (χ2n) is 10.0. The van der Waals surface area contributed by atoms with Gasteiger partial charge in [-0.3, -0.25) is 4.98 Å². The third kappa shape index (κ3) is 5.85. The van der Waals surface area contributed by atoms with E-state index in [1.165, 1.54) is 93.0 Å². The van der Waals surface area contributed by atoms with Gasteiger partial charge >= 0.3 is 0 Å². The van der Waals surface area contributed by atoms with E-state index in [-0.39, 0.29) is 0 Å². The molecule has 0 fully saturated rings.